The van der Waals surface area contributed by atoms with Crippen molar-refractivity contribution in [3.63, 3.8) is 0 Å². The summed E-state index contributed by atoms with van der Waals surface area (Å²) in [7, 11) is 1.57. The van der Waals surface area contributed by atoms with Crippen LogP contribution in [0.25, 0.3) is 10.6 Å². The lowest BCUT2D eigenvalue weighted by Crippen LogP contribution is -1.92. The van der Waals surface area contributed by atoms with Gasteiger partial charge in [-0.1, -0.05) is 0 Å². The molecule has 6 heteroatoms. The molecule has 0 bridgehead atoms. The third kappa shape index (κ3) is 2.38. The number of hydrogen-bond donors (Lipinski definition) is 0. The number of aromatic nitrogens is 2. The molecule has 3 nitrogen and oxygen atoms in total. The van der Waals surface area contributed by atoms with Crippen LogP contribution in [0.1, 0.15) is 0 Å². The highest BCUT2D eigenvalue weighted by Gasteiger charge is 2.08. The van der Waals surface area contributed by atoms with E-state index < -0.39 is 0 Å². The molecule has 0 aliphatic heterocycles. The first-order chi connectivity index (χ1) is 7.20. The van der Waals surface area contributed by atoms with Crippen molar-refractivity contribution in [1.29, 1.82) is 0 Å². The first-order valence-corrected chi connectivity index (χ1v) is 6.44. The summed E-state index contributed by atoms with van der Waals surface area (Å²) >= 11 is 8.40. The second-order valence-electron chi connectivity index (χ2n) is 2.69. The molecule has 78 valence electrons. The highest BCUT2D eigenvalue weighted by atomic mass is 79.9. The molecule has 0 aliphatic rings. The number of rotatable bonds is 2. The lowest BCUT2D eigenvalue weighted by atomic mass is 10.3. The van der Waals surface area contributed by atoms with E-state index in [1.54, 1.807) is 18.4 Å². The standard InChI is InChI=1S/C9H6Br2N2OS/c1-14-9-5(10)4-6(12-13-9)7-2-3-8(11)15-7/h2-4H,1H3. The second-order valence-corrected chi connectivity index (χ2v) is 6.01. The van der Waals surface area contributed by atoms with Crippen molar-refractivity contribution < 1.29 is 4.74 Å². The molecule has 0 unspecified atom stereocenters. The van der Waals surface area contributed by atoms with Gasteiger partial charge >= 0.3 is 0 Å². The van der Waals surface area contributed by atoms with E-state index in [2.05, 4.69) is 42.1 Å². The van der Waals surface area contributed by atoms with E-state index in [-0.39, 0.29) is 0 Å². The maximum atomic E-state index is 5.01. The van der Waals surface area contributed by atoms with E-state index >= 15 is 0 Å². The predicted octanol–water partition coefficient (Wildman–Crippen LogP) is 3.74. The minimum Gasteiger partial charge on any atom is -0.479 e. The van der Waals surface area contributed by atoms with Crippen molar-refractivity contribution in [1.82, 2.24) is 10.2 Å². The maximum absolute atomic E-state index is 5.01. The average Bonchev–Trinajstić information content (AvgIpc) is 2.65. The highest BCUT2D eigenvalue weighted by molar-refractivity contribution is 9.11. The summed E-state index contributed by atoms with van der Waals surface area (Å²) in [6.07, 6.45) is 0. The van der Waals surface area contributed by atoms with Crippen molar-refractivity contribution in [2.45, 2.75) is 0 Å². The minimum absolute atomic E-state index is 0.495. The first kappa shape index (κ1) is 11.0. The summed E-state index contributed by atoms with van der Waals surface area (Å²) in [6, 6.07) is 5.88. The Labute approximate surface area is 108 Å². The third-order valence-corrected chi connectivity index (χ3v) is 3.95. The summed E-state index contributed by atoms with van der Waals surface area (Å²) < 4.78 is 6.90. The van der Waals surface area contributed by atoms with Crippen LogP contribution < -0.4 is 4.74 Å². The summed E-state index contributed by atoms with van der Waals surface area (Å²) in [5.41, 5.74) is 0.832. The molecule has 0 saturated carbocycles. The van der Waals surface area contributed by atoms with Crippen LogP contribution in [0.4, 0.5) is 0 Å². The number of thiophene rings is 1. The molecule has 0 spiro atoms. The largest absolute Gasteiger partial charge is 0.479 e. The Bertz CT molecular complexity index is 487. The molecule has 2 aromatic rings. The Kier molecular flexibility index (Phi) is 3.38. The first-order valence-electron chi connectivity index (χ1n) is 4.03. The fourth-order valence-electron chi connectivity index (χ4n) is 1.07. The molecule has 0 aliphatic carbocycles. The molecule has 0 N–H and O–H groups in total. The normalized spacial score (nSPS) is 10.3. The van der Waals surface area contributed by atoms with Crippen LogP contribution in [-0.4, -0.2) is 17.3 Å². The van der Waals surface area contributed by atoms with Crippen molar-refractivity contribution in [3.8, 4) is 16.5 Å². The smallest absolute Gasteiger partial charge is 0.247 e. The zero-order valence-electron chi connectivity index (χ0n) is 7.70. The minimum atomic E-state index is 0.495. The van der Waals surface area contributed by atoms with E-state index in [1.807, 2.05) is 18.2 Å². The van der Waals surface area contributed by atoms with Crippen molar-refractivity contribution >= 4 is 43.2 Å². The maximum Gasteiger partial charge on any atom is 0.247 e. The molecule has 2 aromatic heterocycles. The van der Waals surface area contributed by atoms with Gasteiger partial charge in [0.25, 0.3) is 0 Å². The molecule has 0 amide bonds. The van der Waals surface area contributed by atoms with Gasteiger partial charge < -0.3 is 4.74 Å². The molecule has 0 radical (unpaired) electrons. The van der Waals surface area contributed by atoms with Gasteiger partial charge in [0.1, 0.15) is 5.69 Å². The number of nitrogens with zero attached hydrogens (tertiary/aromatic N) is 2. The average molecular weight is 350 g/mol. The van der Waals surface area contributed by atoms with Gasteiger partial charge in [0.2, 0.25) is 5.88 Å². The SMILES string of the molecule is COc1nnc(-c2ccc(Br)s2)cc1Br. The molecule has 2 rings (SSSR count). The zero-order valence-corrected chi connectivity index (χ0v) is 11.7. The topological polar surface area (TPSA) is 35.0 Å². The Morgan fingerprint density at radius 1 is 1.27 bits per heavy atom. The number of methoxy groups -OCH3 is 1. The highest BCUT2D eigenvalue weighted by Crippen LogP contribution is 2.32. The molecule has 0 aromatic carbocycles. The Morgan fingerprint density at radius 3 is 2.60 bits per heavy atom. The van der Waals surface area contributed by atoms with E-state index in [0.717, 1.165) is 18.8 Å². The van der Waals surface area contributed by atoms with Gasteiger partial charge in [0.15, 0.2) is 0 Å². The Hall–Kier alpha value is -0.460. The Balaban J connectivity index is 2.42. The summed E-state index contributed by atoms with van der Waals surface area (Å²) in [4.78, 5) is 1.07. The summed E-state index contributed by atoms with van der Waals surface area (Å²) in [5, 5.41) is 8.03. The van der Waals surface area contributed by atoms with Crippen LogP contribution in [0.5, 0.6) is 5.88 Å². The number of ether oxygens (including phenoxy) is 1. The fraction of sp³-hybridized carbons (Fsp3) is 0.111. The molecule has 0 atom stereocenters. The predicted molar refractivity (Wildman–Crippen MR) is 67.3 cm³/mol. The van der Waals surface area contributed by atoms with Gasteiger partial charge in [-0.3, -0.25) is 0 Å². The van der Waals surface area contributed by atoms with Gasteiger partial charge in [0.05, 0.1) is 20.2 Å². The van der Waals surface area contributed by atoms with Crippen LogP contribution in [0.2, 0.25) is 0 Å². The van der Waals surface area contributed by atoms with Crippen LogP contribution in [0, 0.1) is 0 Å². The molecular weight excluding hydrogens is 344 g/mol. The van der Waals surface area contributed by atoms with E-state index in [0.29, 0.717) is 5.88 Å². The van der Waals surface area contributed by atoms with Gasteiger partial charge in [0, 0.05) is 0 Å². The van der Waals surface area contributed by atoms with Crippen molar-refractivity contribution in [3.05, 3.63) is 26.5 Å². The lowest BCUT2D eigenvalue weighted by molar-refractivity contribution is 0.389. The molecule has 0 saturated heterocycles. The van der Waals surface area contributed by atoms with Gasteiger partial charge in [-0.25, -0.2) is 0 Å². The van der Waals surface area contributed by atoms with Gasteiger partial charge in [-0.15, -0.1) is 21.5 Å². The second kappa shape index (κ2) is 4.59. The van der Waals surface area contributed by atoms with E-state index in [9.17, 15) is 0 Å². The number of halogens is 2. The lowest BCUT2D eigenvalue weighted by Gasteiger charge is -2.01. The quantitative estimate of drug-likeness (QED) is 0.828. The molecular formula is C9H6Br2N2OS. The van der Waals surface area contributed by atoms with E-state index in [4.69, 9.17) is 4.74 Å². The summed E-state index contributed by atoms with van der Waals surface area (Å²) in [5.74, 6) is 0.495. The van der Waals surface area contributed by atoms with Crippen LogP contribution >= 0.6 is 43.2 Å². The zero-order chi connectivity index (χ0) is 10.8. The van der Waals surface area contributed by atoms with Crippen molar-refractivity contribution in [2.75, 3.05) is 7.11 Å². The molecule has 2 heterocycles. The van der Waals surface area contributed by atoms with Gasteiger partial charge in [-0.2, -0.15) is 0 Å². The Morgan fingerprint density at radius 2 is 2.07 bits per heavy atom. The summed E-state index contributed by atoms with van der Waals surface area (Å²) in [6.45, 7) is 0. The van der Waals surface area contributed by atoms with Crippen LogP contribution in [0.15, 0.2) is 26.5 Å². The monoisotopic (exact) mass is 348 g/mol. The third-order valence-electron chi connectivity index (χ3n) is 1.74. The molecule has 15 heavy (non-hydrogen) atoms. The molecule has 0 fully saturated rings. The fourth-order valence-corrected chi connectivity index (χ4v) is 2.87. The van der Waals surface area contributed by atoms with Crippen LogP contribution in [-0.2, 0) is 0 Å². The van der Waals surface area contributed by atoms with Crippen molar-refractivity contribution in [2.24, 2.45) is 0 Å². The van der Waals surface area contributed by atoms with E-state index in [1.165, 1.54) is 0 Å². The van der Waals surface area contributed by atoms with Crippen LogP contribution in [0.3, 0.4) is 0 Å². The number of hydrogen-bond acceptors (Lipinski definition) is 4. The van der Waals surface area contributed by atoms with Gasteiger partial charge in [-0.05, 0) is 50.1 Å².